The number of sulfone groups is 1. The molecule has 1 aliphatic rings. The predicted octanol–water partition coefficient (Wildman–Crippen LogP) is 2.73. The molecule has 4 heterocycles. The lowest BCUT2D eigenvalue weighted by atomic mass is 9.97. The van der Waals surface area contributed by atoms with Gasteiger partial charge in [0, 0.05) is 42.0 Å². The summed E-state index contributed by atoms with van der Waals surface area (Å²) in [5, 5.41) is 3.95. The first kappa shape index (κ1) is 26.2. The largest absolute Gasteiger partial charge is 0.395 e. The Morgan fingerprint density at radius 2 is 1.87 bits per heavy atom. The van der Waals surface area contributed by atoms with Crippen LogP contribution in [0, 0.1) is 0 Å². The van der Waals surface area contributed by atoms with Crippen LogP contribution in [0.3, 0.4) is 0 Å². The molecule has 11 nitrogen and oxygen atoms in total. The summed E-state index contributed by atoms with van der Waals surface area (Å²) in [6.07, 6.45) is 2.27. The summed E-state index contributed by atoms with van der Waals surface area (Å²) in [4.78, 5) is 15.3. The highest BCUT2D eigenvalue weighted by Crippen LogP contribution is 2.38. The summed E-state index contributed by atoms with van der Waals surface area (Å²) in [6, 6.07) is 3.85. The molecule has 1 atom stereocenters. The number of alkyl halides is 3. The number of imidazole rings is 1. The molecule has 4 aromatic heterocycles. The zero-order valence-electron chi connectivity index (χ0n) is 19.8. The van der Waals surface area contributed by atoms with Crippen molar-refractivity contribution in [1.82, 2.24) is 34.4 Å². The Labute approximate surface area is 215 Å². The van der Waals surface area contributed by atoms with E-state index in [0.717, 1.165) is 12.5 Å². The van der Waals surface area contributed by atoms with Gasteiger partial charge in [-0.1, -0.05) is 6.07 Å². The van der Waals surface area contributed by atoms with E-state index in [1.165, 1.54) is 35.5 Å². The van der Waals surface area contributed by atoms with Gasteiger partial charge in [-0.05, 0) is 37.0 Å². The molecule has 1 unspecified atom stereocenters. The van der Waals surface area contributed by atoms with Gasteiger partial charge in [0.15, 0.2) is 11.5 Å². The molecular weight excluding hydrogens is 547 g/mol. The molecule has 1 aliphatic carbocycles. The monoisotopic (exact) mass is 569 g/mol. The van der Waals surface area contributed by atoms with E-state index in [2.05, 4.69) is 29.8 Å². The molecule has 2 N–H and O–H groups in total. The summed E-state index contributed by atoms with van der Waals surface area (Å²) >= 11 is 0. The maximum absolute atomic E-state index is 13.7. The molecule has 0 aliphatic heterocycles. The van der Waals surface area contributed by atoms with Crippen LogP contribution < -0.4 is 4.72 Å². The normalized spacial score (nSPS) is 15.7. The number of H-pyrrole nitrogens is 1. The molecule has 0 radical (unpaired) electrons. The summed E-state index contributed by atoms with van der Waals surface area (Å²) in [6.45, 7) is 0. The van der Waals surface area contributed by atoms with E-state index in [1.807, 2.05) is 0 Å². The van der Waals surface area contributed by atoms with Crippen molar-refractivity contribution in [2.75, 3.05) is 12.0 Å². The third-order valence-electron chi connectivity index (χ3n) is 6.02. The molecule has 0 aromatic carbocycles. The van der Waals surface area contributed by atoms with Gasteiger partial charge in [0.2, 0.25) is 5.03 Å². The van der Waals surface area contributed by atoms with Crippen molar-refractivity contribution in [3.05, 3.63) is 48.7 Å². The number of hydrogen-bond acceptors (Lipinski definition) is 8. The molecule has 38 heavy (non-hydrogen) atoms. The Bertz CT molecular complexity index is 1690. The van der Waals surface area contributed by atoms with Crippen LogP contribution in [0.1, 0.15) is 30.7 Å². The van der Waals surface area contributed by atoms with Crippen molar-refractivity contribution in [3.63, 3.8) is 0 Å². The minimum absolute atomic E-state index is 0.0687. The molecule has 0 saturated heterocycles. The summed E-state index contributed by atoms with van der Waals surface area (Å²) in [5.74, 6) is -2.60. The van der Waals surface area contributed by atoms with Crippen LogP contribution in [0.5, 0.6) is 0 Å². The van der Waals surface area contributed by atoms with Crippen molar-refractivity contribution >= 4 is 31.0 Å². The van der Waals surface area contributed by atoms with Crippen molar-refractivity contribution in [3.8, 4) is 16.9 Å². The van der Waals surface area contributed by atoms with Gasteiger partial charge in [0.1, 0.15) is 15.4 Å². The molecule has 1 saturated carbocycles. The van der Waals surface area contributed by atoms with E-state index in [9.17, 15) is 30.0 Å². The molecule has 0 spiro atoms. The lowest BCUT2D eigenvalue weighted by Gasteiger charge is -2.20. The number of nitrogens with zero attached hydrogens (tertiary/aromatic N) is 5. The number of aromatic nitrogens is 6. The molecule has 4 aromatic rings. The topological polar surface area (TPSA) is 153 Å². The number of nitrogens with one attached hydrogen (secondary N) is 2. The fourth-order valence-corrected chi connectivity index (χ4v) is 6.09. The number of fused-ring (bicyclic) bond motifs is 1. The molecule has 5 rings (SSSR count). The average Bonchev–Trinajstić information content (AvgIpc) is 3.31. The third kappa shape index (κ3) is 5.56. The fraction of sp³-hybridized carbons (Fsp3) is 0.364. The van der Waals surface area contributed by atoms with Crippen LogP contribution in [0.2, 0.25) is 0 Å². The van der Waals surface area contributed by atoms with E-state index in [0.29, 0.717) is 29.6 Å². The molecule has 0 bridgehead atoms. The van der Waals surface area contributed by atoms with Gasteiger partial charge in [0.25, 0.3) is 10.0 Å². The lowest BCUT2D eigenvalue weighted by Crippen LogP contribution is -2.26. The Morgan fingerprint density at radius 3 is 2.50 bits per heavy atom. The zero-order chi connectivity index (χ0) is 27.3. The number of hydrogen-bond donors (Lipinski definition) is 2. The summed E-state index contributed by atoms with van der Waals surface area (Å²) < 4.78 is 94.0. The van der Waals surface area contributed by atoms with E-state index in [1.54, 1.807) is 6.07 Å². The summed E-state index contributed by atoms with van der Waals surface area (Å²) in [5.41, 5.74) is 1.28. The zero-order valence-corrected chi connectivity index (χ0v) is 21.5. The Morgan fingerprint density at radius 1 is 1.11 bits per heavy atom. The van der Waals surface area contributed by atoms with Gasteiger partial charge in [0.05, 0.1) is 18.0 Å². The van der Waals surface area contributed by atoms with Crippen LogP contribution in [-0.2, 0) is 19.9 Å². The lowest BCUT2D eigenvalue weighted by molar-refractivity contribution is -0.150. The van der Waals surface area contributed by atoms with Crippen LogP contribution in [-0.4, -0.2) is 70.8 Å². The Kier molecular flexibility index (Phi) is 6.51. The Balaban J connectivity index is 1.55. The third-order valence-corrected chi connectivity index (χ3v) is 8.46. The first-order valence-electron chi connectivity index (χ1n) is 11.4. The standard InChI is InChI=1S/C22H22F3N7O4S2/c1-37(33,34)9-7-17(22(23,24)25)13-2-5-18(27-10-13)32-11-16(15-6-8-26-20-19(15)28-12-29-20)21(30-32)38(35,36)31-14-3-4-14/h2,5-6,8,10-12,14,17,31H,3-4,7,9H2,1H3,(H,26,28,29). The quantitative estimate of drug-likeness (QED) is 0.312. The minimum Gasteiger partial charge on any atom is -0.329 e. The van der Waals surface area contributed by atoms with Gasteiger partial charge in [-0.15, -0.1) is 0 Å². The van der Waals surface area contributed by atoms with E-state index in [-0.39, 0.29) is 28.0 Å². The van der Waals surface area contributed by atoms with Crippen LogP contribution in [0.15, 0.2) is 48.1 Å². The highest BCUT2D eigenvalue weighted by Gasteiger charge is 2.41. The number of rotatable bonds is 9. The number of pyridine rings is 2. The second kappa shape index (κ2) is 9.43. The van der Waals surface area contributed by atoms with Crippen LogP contribution in [0.25, 0.3) is 28.1 Å². The molecule has 1 fully saturated rings. The SMILES string of the molecule is CS(=O)(=O)CCC(c1ccc(-n2cc(-c3ccnc4[nH]cnc34)c(S(=O)(=O)NC3CC3)n2)nc1)C(F)(F)F. The molecule has 0 amide bonds. The first-order valence-corrected chi connectivity index (χ1v) is 15.0. The second-order valence-corrected chi connectivity index (χ2v) is 13.0. The second-order valence-electron chi connectivity index (χ2n) is 9.11. The van der Waals surface area contributed by atoms with E-state index >= 15 is 0 Å². The first-order chi connectivity index (χ1) is 17.8. The Hall–Kier alpha value is -3.37. The van der Waals surface area contributed by atoms with Crippen molar-refractivity contribution in [1.29, 1.82) is 0 Å². The van der Waals surface area contributed by atoms with Gasteiger partial charge >= 0.3 is 6.18 Å². The number of sulfonamides is 1. The highest BCUT2D eigenvalue weighted by molar-refractivity contribution is 7.90. The smallest absolute Gasteiger partial charge is 0.329 e. The number of halogens is 3. The van der Waals surface area contributed by atoms with Gasteiger partial charge in [-0.3, -0.25) is 0 Å². The molecular formula is C22H22F3N7O4S2. The van der Waals surface area contributed by atoms with Gasteiger partial charge < -0.3 is 4.98 Å². The van der Waals surface area contributed by atoms with Gasteiger partial charge in [-0.25, -0.2) is 41.2 Å². The van der Waals surface area contributed by atoms with Crippen LogP contribution >= 0.6 is 0 Å². The number of aromatic amines is 1. The predicted molar refractivity (Wildman–Crippen MR) is 131 cm³/mol. The van der Waals surface area contributed by atoms with Crippen molar-refractivity contribution in [2.24, 2.45) is 0 Å². The molecule has 16 heteroatoms. The van der Waals surface area contributed by atoms with Crippen molar-refractivity contribution in [2.45, 2.75) is 42.4 Å². The van der Waals surface area contributed by atoms with E-state index < -0.39 is 44.1 Å². The maximum atomic E-state index is 13.7. The average molecular weight is 570 g/mol. The molecule has 202 valence electrons. The van der Waals surface area contributed by atoms with E-state index in [4.69, 9.17) is 0 Å². The van der Waals surface area contributed by atoms with Crippen molar-refractivity contribution < 1.29 is 30.0 Å². The fourth-order valence-electron chi connectivity index (χ4n) is 3.99. The maximum Gasteiger partial charge on any atom is 0.395 e. The minimum atomic E-state index is -4.68. The van der Waals surface area contributed by atoms with Crippen LogP contribution in [0.4, 0.5) is 13.2 Å². The summed E-state index contributed by atoms with van der Waals surface area (Å²) in [7, 11) is -7.66. The van der Waals surface area contributed by atoms with Gasteiger partial charge in [-0.2, -0.15) is 18.3 Å². The highest BCUT2D eigenvalue weighted by atomic mass is 32.2.